The SMILES string of the molecule is CCc1cc2c(N3CCC4(C3)CN([C@H](c3cn(C)nc3C)C(C)C)C4)ncnc2s1. The summed E-state index contributed by atoms with van der Waals surface area (Å²) in [4.78, 5) is 16.9. The Morgan fingerprint density at radius 2 is 2.00 bits per heavy atom. The van der Waals surface area contributed by atoms with Gasteiger partial charge in [-0.1, -0.05) is 20.8 Å². The van der Waals surface area contributed by atoms with Crippen molar-refractivity contribution in [2.24, 2.45) is 18.4 Å². The van der Waals surface area contributed by atoms with Gasteiger partial charge in [0.25, 0.3) is 0 Å². The molecule has 0 aromatic carbocycles. The van der Waals surface area contributed by atoms with E-state index in [0.717, 1.165) is 35.9 Å². The van der Waals surface area contributed by atoms with Gasteiger partial charge < -0.3 is 4.90 Å². The number of nitrogens with zero attached hydrogens (tertiary/aromatic N) is 6. The van der Waals surface area contributed by atoms with Crippen molar-refractivity contribution in [1.82, 2.24) is 24.6 Å². The minimum Gasteiger partial charge on any atom is -0.355 e. The highest BCUT2D eigenvalue weighted by molar-refractivity contribution is 7.18. The van der Waals surface area contributed by atoms with Crippen LogP contribution < -0.4 is 4.90 Å². The number of aryl methyl sites for hydroxylation is 3. The predicted molar refractivity (Wildman–Crippen MR) is 123 cm³/mol. The molecule has 7 heteroatoms. The van der Waals surface area contributed by atoms with E-state index in [0.29, 0.717) is 17.4 Å². The molecule has 2 aliphatic heterocycles. The number of hydrogen-bond acceptors (Lipinski definition) is 6. The van der Waals surface area contributed by atoms with Crippen molar-refractivity contribution in [2.75, 3.05) is 31.1 Å². The number of likely N-dealkylation sites (tertiary alicyclic amines) is 1. The Kier molecular flexibility index (Phi) is 4.86. The van der Waals surface area contributed by atoms with Crippen molar-refractivity contribution in [1.29, 1.82) is 0 Å². The topological polar surface area (TPSA) is 50.1 Å². The zero-order valence-corrected chi connectivity index (χ0v) is 19.5. The van der Waals surface area contributed by atoms with E-state index in [2.05, 4.69) is 59.8 Å². The minimum atomic E-state index is 0.393. The third kappa shape index (κ3) is 3.23. The van der Waals surface area contributed by atoms with E-state index in [-0.39, 0.29) is 0 Å². The zero-order chi connectivity index (χ0) is 21.0. The van der Waals surface area contributed by atoms with Gasteiger partial charge in [-0.3, -0.25) is 9.58 Å². The molecule has 5 rings (SSSR count). The molecule has 3 aromatic heterocycles. The van der Waals surface area contributed by atoms with Crippen LogP contribution in [-0.2, 0) is 13.5 Å². The molecule has 2 aliphatic rings. The fourth-order valence-corrected chi connectivity index (χ4v) is 6.52. The summed E-state index contributed by atoms with van der Waals surface area (Å²) in [6.07, 6.45) is 6.26. The Morgan fingerprint density at radius 3 is 2.67 bits per heavy atom. The molecule has 0 amide bonds. The average molecular weight is 425 g/mol. The molecule has 0 N–H and O–H groups in total. The third-order valence-corrected chi connectivity index (χ3v) is 8.11. The summed E-state index contributed by atoms with van der Waals surface area (Å²) in [5.74, 6) is 1.71. The first-order chi connectivity index (χ1) is 14.4. The molecule has 160 valence electrons. The van der Waals surface area contributed by atoms with Gasteiger partial charge in [-0.2, -0.15) is 5.10 Å². The molecule has 0 aliphatic carbocycles. The Bertz CT molecular complexity index is 1060. The van der Waals surface area contributed by atoms with Gasteiger partial charge >= 0.3 is 0 Å². The van der Waals surface area contributed by atoms with E-state index in [1.807, 2.05) is 11.7 Å². The lowest BCUT2D eigenvalue weighted by atomic mass is 9.76. The molecule has 0 radical (unpaired) electrons. The van der Waals surface area contributed by atoms with Crippen molar-refractivity contribution in [3.8, 4) is 0 Å². The Morgan fingerprint density at radius 1 is 1.20 bits per heavy atom. The first-order valence-corrected chi connectivity index (χ1v) is 11.9. The van der Waals surface area contributed by atoms with E-state index in [4.69, 9.17) is 4.98 Å². The summed E-state index contributed by atoms with van der Waals surface area (Å²) in [6, 6.07) is 2.75. The van der Waals surface area contributed by atoms with E-state index >= 15 is 0 Å². The molecule has 30 heavy (non-hydrogen) atoms. The van der Waals surface area contributed by atoms with E-state index in [1.54, 1.807) is 17.7 Å². The molecular weight excluding hydrogens is 392 g/mol. The largest absolute Gasteiger partial charge is 0.355 e. The Hall–Kier alpha value is -1.99. The van der Waals surface area contributed by atoms with Gasteiger partial charge in [0.1, 0.15) is 17.0 Å². The molecule has 1 atom stereocenters. The second-order valence-electron chi connectivity index (χ2n) is 9.59. The summed E-state index contributed by atoms with van der Waals surface area (Å²) < 4.78 is 1.96. The van der Waals surface area contributed by atoms with E-state index < -0.39 is 0 Å². The molecular formula is C23H32N6S. The van der Waals surface area contributed by atoms with Crippen LogP contribution in [0.5, 0.6) is 0 Å². The second-order valence-corrected chi connectivity index (χ2v) is 10.7. The maximum absolute atomic E-state index is 4.70. The summed E-state index contributed by atoms with van der Waals surface area (Å²) in [5.41, 5.74) is 2.95. The van der Waals surface area contributed by atoms with Crippen LogP contribution in [0.2, 0.25) is 0 Å². The monoisotopic (exact) mass is 424 g/mol. The predicted octanol–water partition coefficient (Wildman–Crippen LogP) is 4.21. The van der Waals surface area contributed by atoms with Crippen molar-refractivity contribution < 1.29 is 0 Å². The number of rotatable bonds is 5. The lowest BCUT2D eigenvalue weighted by Crippen LogP contribution is -2.59. The van der Waals surface area contributed by atoms with Crippen LogP contribution in [0, 0.1) is 18.3 Å². The zero-order valence-electron chi connectivity index (χ0n) is 18.7. The average Bonchev–Trinajstić information content (AvgIpc) is 3.37. The molecule has 2 saturated heterocycles. The molecule has 3 aromatic rings. The molecule has 5 heterocycles. The highest BCUT2D eigenvalue weighted by Crippen LogP contribution is 2.47. The number of thiophene rings is 1. The number of anilines is 1. The van der Waals surface area contributed by atoms with Crippen LogP contribution in [0.25, 0.3) is 10.2 Å². The van der Waals surface area contributed by atoms with Gasteiger partial charge in [0.05, 0.1) is 11.1 Å². The van der Waals surface area contributed by atoms with Crippen LogP contribution in [0.15, 0.2) is 18.6 Å². The third-order valence-electron chi connectivity index (χ3n) is 6.92. The lowest BCUT2D eigenvalue weighted by molar-refractivity contribution is -0.0323. The van der Waals surface area contributed by atoms with E-state index in [1.165, 1.54) is 35.3 Å². The maximum Gasteiger partial charge on any atom is 0.140 e. The highest BCUT2D eigenvalue weighted by Gasteiger charge is 2.50. The maximum atomic E-state index is 4.70. The molecule has 1 spiro atoms. The molecule has 6 nitrogen and oxygen atoms in total. The molecule has 0 saturated carbocycles. The summed E-state index contributed by atoms with van der Waals surface area (Å²) >= 11 is 1.80. The lowest BCUT2D eigenvalue weighted by Gasteiger charge is -2.52. The normalized spacial score (nSPS) is 19.9. The Balaban J connectivity index is 1.34. The fraction of sp³-hybridized carbons (Fsp3) is 0.609. The van der Waals surface area contributed by atoms with Gasteiger partial charge in [0.2, 0.25) is 0 Å². The summed E-state index contributed by atoms with van der Waals surface area (Å²) in [6.45, 7) is 13.5. The minimum absolute atomic E-state index is 0.393. The van der Waals surface area contributed by atoms with E-state index in [9.17, 15) is 0 Å². The van der Waals surface area contributed by atoms with Crippen molar-refractivity contribution in [2.45, 2.75) is 46.6 Å². The first-order valence-electron chi connectivity index (χ1n) is 11.1. The van der Waals surface area contributed by atoms with Gasteiger partial charge in [-0.05, 0) is 31.7 Å². The molecule has 2 fully saturated rings. The molecule has 0 unspecified atom stereocenters. The number of hydrogen-bond donors (Lipinski definition) is 0. The van der Waals surface area contributed by atoms with Crippen LogP contribution in [0.4, 0.5) is 5.82 Å². The standard InChI is InChI=1S/C23H32N6S/c1-6-17-9-18-21(24-14-25-22(18)30-17)28-8-7-23(11-28)12-29(13-23)20(15(2)3)19-10-27(5)26-16(19)4/h9-10,14-15,20H,6-8,11-13H2,1-5H3/t20-/m0/s1. The van der Waals surface area contributed by atoms with Crippen LogP contribution >= 0.6 is 11.3 Å². The number of fused-ring (bicyclic) bond motifs is 1. The van der Waals surface area contributed by atoms with Crippen LogP contribution in [0.3, 0.4) is 0 Å². The smallest absolute Gasteiger partial charge is 0.140 e. The first kappa shape index (κ1) is 19.9. The fourth-order valence-electron chi connectivity index (χ4n) is 5.59. The second kappa shape index (κ2) is 7.31. The van der Waals surface area contributed by atoms with Crippen molar-refractivity contribution >= 4 is 27.4 Å². The Labute approximate surface area is 182 Å². The van der Waals surface area contributed by atoms with Gasteiger partial charge in [-0.25, -0.2) is 9.97 Å². The van der Waals surface area contributed by atoms with Crippen LogP contribution in [-0.4, -0.2) is 50.8 Å². The van der Waals surface area contributed by atoms with Gasteiger partial charge in [0, 0.05) is 61.3 Å². The van der Waals surface area contributed by atoms with Crippen LogP contribution in [0.1, 0.15) is 49.4 Å². The summed E-state index contributed by atoms with van der Waals surface area (Å²) in [5, 5.41) is 5.84. The number of aromatic nitrogens is 4. The molecule has 0 bridgehead atoms. The quantitative estimate of drug-likeness (QED) is 0.614. The summed E-state index contributed by atoms with van der Waals surface area (Å²) in [7, 11) is 2.02. The highest BCUT2D eigenvalue weighted by atomic mass is 32.1. The van der Waals surface area contributed by atoms with Crippen molar-refractivity contribution in [3.05, 3.63) is 34.7 Å². The van der Waals surface area contributed by atoms with Crippen molar-refractivity contribution in [3.63, 3.8) is 0 Å². The van der Waals surface area contributed by atoms with Gasteiger partial charge in [0.15, 0.2) is 0 Å². The van der Waals surface area contributed by atoms with Gasteiger partial charge in [-0.15, -0.1) is 11.3 Å².